The fraction of sp³-hybridized carbons (Fsp3) is 0.154. The van der Waals surface area contributed by atoms with E-state index in [2.05, 4.69) is 15.3 Å². The first-order valence-corrected chi connectivity index (χ1v) is 5.46. The molecule has 5 nitrogen and oxygen atoms in total. The lowest BCUT2D eigenvalue weighted by molar-refractivity contribution is 0.0690. The minimum absolute atomic E-state index is 0.0776. The van der Waals surface area contributed by atoms with Gasteiger partial charge in [-0.15, -0.1) is 0 Å². The monoisotopic (exact) mass is 243 g/mol. The van der Waals surface area contributed by atoms with Gasteiger partial charge in [-0.05, 0) is 25.0 Å². The first-order chi connectivity index (χ1) is 8.58. The van der Waals surface area contributed by atoms with E-state index in [1.165, 1.54) is 12.4 Å². The Balaban J connectivity index is 2.34. The van der Waals surface area contributed by atoms with E-state index in [0.717, 1.165) is 16.8 Å². The van der Waals surface area contributed by atoms with Crippen LogP contribution in [-0.4, -0.2) is 21.0 Å². The van der Waals surface area contributed by atoms with E-state index in [4.69, 9.17) is 5.11 Å². The number of benzene rings is 1. The summed E-state index contributed by atoms with van der Waals surface area (Å²) >= 11 is 0. The topological polar surface area (TPSA) is 75.1 Å². The van der Waals surface area contributed by atoms with Crippen molar-refractivity contribution in [1.82, 2.24) is 9.97 Å². The van der Waals surface area contributed by atoms with Crippen molar-refractivity contribution in [2.24, 2.45) is 0 Å². The average molecular weight is 243 g/mol. The van der Waals surface area contributed by atoms with Crippen molar-refractivity contribution in [1.29, 1.82) is 0 Å². The number of aromatic carboxylic acids is 1. The van der Waals surface area contributed by atoms with Crippen LogP contribution in [0.2, 0.25) is 0 Å². The second kappa shape index (κ2) is 4.83. The molecule has 18 heavy (non-hydrogen) atoms. The molecule has 0 spiro atoms. The van der Waals surface area contributed by atoms with Crippen LogP contribution in [0, 0.1) is 13.8 Å². The van der Waals surface area contributed by atoms with E-state index >= 15 is 0 Å². The van der Waals surface area contributed by atoms with Crippen LogP contribution in [0.25, 0.3) is 0 Å². The van der Waals surface area contributed by atoms with Crippen molar-refractivity contribution in [3.63, 3.8) is 0 Å². The van der Waals surface area contributed by atoms with Gasteiger partial charge in [0.15, 0.2) is 5.69 Å². The van der Waals surface area contributed by atoms with Gasteiger partial charge in [0.1, 0.15) is 5.82 Å². The van der Waals surface area contributed by atoms with E-state index in [0.29, 0.717) is 5.82 Å². The summed E-state index contributed by atoms with van der Waals surface area (Å²) in [5.74, 6) is -0.667. The molecule has 2 rings (SSSR count). The molecule has 0 amide bonds. The standard InChI is InChI=1S/C13H13N3O2/c1-8-4-3-5-9(2)12(8)16-11-7-14-6-10(15-11)13(17)18/h3-7H,1-2H3,(H,15,16)(H,17,18). The Morgan fingerprint density at radius 1 is 1.22 bits per heavy atom. The Hall–Kier alpha value is -2.43. The number of hydrogen-bond donors (Lipinski definition) is 2. The Bertz CT molecular complexity index is 576. The second-order valence-electron chi connectivity index (χ2n) is 3.99. The van der Waals surface area contributed by atoms with Gasteiger partial charge < -0.3 is 10.4 Å². The third-order valence-electron chi connectivity index (χ3n) is 2.59. The highest BCUT2D eigenvalue weighted by Crippen LogP contribution is 2.22. The normalized spacial score (nSPS) is 10.1. The van der Waals surface area contributed by atoms with Crippen molar-refractivity contribution in [3.05, 3.63) is 47.4 Å². The Kier molecular flexibility index (Phi) is 3.23. The van der Waals surface area contributed by atoms with Gasteiger partial charge in [-0.2, -0.15) is 0 Å². The number of nitrogens with zero attached hydrogens (tertiary/aromatic N) is 2. The molecule has 1 heterocycles. The van der Waals surface area contributed by atoms with Crippen molar-refractivity contribution in [2.75, 3.05) is 5.32 Å². The SMILES string of the molecule is Cc1cccc(C)c1Nc1cncc(C(=O)O)n1. The van der Waals surface area contributed by atoms with E-state index < -0.39 is 5.97 Å². The molecule has 5 heteroatoms. The highest BCUT2D eigenvalue weighted by atomic mass is 16.4. The summed E-state index contributed by atoms with van der Waals surface area (Å²) in [6.45, 7) is 3.95. The van der Waals surface area contributed by atoms with E-state index in [9.17, 15) is 4.79 Å². The molecule has 0 fully saturated rings. The van der Waals surface area contributed by atoms with Crippen LogP contribution >= 0.6 is 0 Å². The van der Waals surface area contributed by atoms with Crippen molar-refractivity contribution < 1.29 is 9.90 Å². The van der Waals surface area contributed by atoms with Crippen molar-refractivity contribution in [3.8, 4) is 0 Å². The molecule has 0 atom stereocenters. The summed E-state index contributed by atoms with van der Waals surface area (Å²) in [6.07, 6.45) is 2.72. The van der Waals surface area contributed by atoms with E-state index in [1.807, 2.05) is 32.0 Å². The summed E-state index contributed by atoms with van der Waals surface area (Å²) in [5.41, 5.74) is 2.98. The van der Waals surface area contributed by atoms with Gasteiger partial charge >= 0.3 is 5.97 Å². The molecule has 0 unspecified atom stereocenters. The molecule has 0 aliphatic carbocycles. The number of aromatic nitrogens is 2. The lowest BCUT2D eigenvalue weighted by atomic mass is 10.1. The third-order valence-corrected chi connectivity index (χ3v) is 2.59. The highest BCUT2D eigenvalue weighted by Gasteiger charge is 2.08. The molecule has 0 bridgehead atoms. The number of carboxylic acids is 1. The molecule has 92 valence electrons. The maximum Gasteiger partial charge on any atom is 0.356 e. The van der Waals surface area contributed by atoms with Crippen LogP contribution < -0.4 is 5.32 Å². The van der Waals surface area contributed by atoms with Crippen molar-refractivity contribution in [2.45, 2.75) is 13.8 Å². The lowest BCUT2D eigenvalue weighted by Gasteiger charge is -2.11. The zero-order chi connectivity index (χ0) is 13.1. The van der Waals surface area contributed by atoms with E-state index in [1.54, 1.807) is 0 Å². The number of para-hydroxylation sites is 1. The van der Waals surface area contributed by atoms with E-state index in [-0.39, 0.29) is 5.69 Å². The molecule has 1 aromatic heterocycles. The summed E-state index contributed by atoms with van der Waals surface area (Å²) in [4.78, 5) is 18.6. The van der Waals surface area contributed by atoms with Crippen LogP contribution in [0.1, 0.15) is 21.6 Å². The number of rotatable bonds is 3. The molecule has 0 saturated heterocycles. The number of nitrogens with one attached hydrogen (secondary N) is 1. The molecule has 0 saturated carbocycles. The smallest absolute Gasteiger partial charge is 0.356 e. The highest BCUT2D eigenvalue weighted by molar-refractivity contribution is 5.85. The fourth-order valence-corrected chi connectivity index (χ4v) is 1.67. The van der Waals surface area contributed by atoms with Gasteiger partial charge in [0.2, 0.25) is 0 Å². The summed E-state index contributed by atoms with van der Waals surface area (Å²) in [7, 11) is 0. The lowest BCUT2D eigenvalue weighted by Crippen LogP contribution is -2.05. The van der Waals surface area contributed by atoms with Gasteiger partial charge in [-0.1, -0.05) is 18.2 Å². The number of carboxylic acid groups (broad SMARTS) is 1. The number of aryl methyl sites for hydroxylation is 2. The van der Waals surface area contributed by atoms with Crippen LogP contribution in [0.4, 0.5) is 11.5 Å². The summed E-state index contributed by atoms with van der Waals surface area (Å²) in [5, 5.41) is 12.0. The number of hydrogen-bond acceptors (Lipinski definition) is 4. The molecular weight excluding hydrogens is 230 g/mol. The number of anilines is 2. The first-order valence-electron chi connectivity index (χ1n) is 5.46. The zero-order valence-electron chi connectivity index (χ0n) is 10.1. The second-order valence-corrected chi connectivity index (χ2v) is 3.99. The number of carbonyl (C=O) groups is 1. The molecule has 0 radical (unpaired) electrons. The molecule has 0 aliphatic rings. The maximum atomic E-state index is 10.8. The maximum absolute atomic E-state index is 10.8. The molecular formula is C13H13N3O2. The fourth-order valence-electron chi connectivity index (χ4n) is 1.67. The zero-order valence-corrected chi connectivity index (χ0v) is 10.1. The molecule has 1 aromatic carbocycles. The van der Waals surface area contributed by atoms with Gasteiger partial charge in [-0.3, -0.25) is 4.98 Å². The Morgan fingerprint density at radius 2 is 1.89 bits per heavy atom. The van der Waals surface area contributed by atoms with Crippen LogP contribution in [0.5, 0.6) is 0 Å². The minimum atomic E-state index is -1.09. The first kappa shape index (κ1) is 12.0. The van der Waals surface area contributed by atoms with Gasteiger partial charge in [0.05, 0.1) is 12.4 Å². The molecule has 2 N–H and O–H groups in total. The molecule has 2 aromatic rings. The van der Waals surface area contributed by atoms with Gasteiger partial charge in [0, 0.05) is 5.69 Å². The predicted molar refractivity (Wildman–Crippen MR) is 68.2 cm³/mol. The quantitative estimate of drug-likeness (QED) is 0.866. The van der Waals surface area contributed by atoms with Crippen LogP contribution in [-0.2, 0) is 0 Å². The van der Waals surface area contributed by atoms with Gasteiger partial charge in [-0.25, -0.2) is 9.78 Å². The predicted octanol–water partition coefficient (Wildman–Crippen LogP) is 2.54. The summed E-state index contributed by atoms with van der Waals surface area (Å²) < 4.78 is 0. The third kappa shape index (κ3) is 2.45. The largest absolute Gasteiger partial charge is 0.476 e. The van der Waals surface area contributed by atoms with Gasteiger partial charge in [0.25, 0.3) is 0 Å². The average Bonchev–Trinajstić information content (AvgIpc) is 2.34. The van der Waals surface area contributed by atoms with Crippen LogP contribution in [0.15, 0.2) is 30.6 Å². The van der Waals surface area contributed by atoms with Crippen molar-refractivity contribution >= 4 is 17.5 Å². The van der Waals surface area contributed by atoms with Crippen LogP contribution in [0.3, 0.4) is 0 Å². The minimum Gasteiger partial charge on any atom is -0.476 e. The Labute approximate surface area is 105 Å². The molecule has 0 aliphatic heterocycles. The Morgan fingerprint density at radius 3 is 2.50 bits per heavy atom. The summed E-state index contributed by atoms with van der Waals surface area (Å²) in [6, 6.07) is 5.92.